The minimum absolute atomic E-state index is 0. The van der Waals surface area contributed by atoms with Crippen LogP contribution in [0, 0.1) is 17.4 Å². The van der Waals surface area contributed by atoms with Crippen LogP contribution in [-0.4, -0.2) is 3.21 Å². The molecule has 1 unspecified atom stereocenters. The fourth-order valence-corrected chi connectivity index (χ4v) is 7.93. The van der Waals surface area contributed by atoms with Crippen molar-refractivity contribution in [2.24, 2.45) is 11.3 Å². The summed E-state index contributed by atoms with van der Waals surface area (Å²) in [4.78, 5) is 0. The molecular weight excluding hydrogens is 811 g/mol. The zero-order valence-corrected chi connectivity index (χ0v) is 42.2. The van der Waals surface area contributed by atoms with Crippen molar-refractivity contribution in [3.63, 3.8) is 0 Å². The second-order valence-corrected chi connectivity index (χ2v) is 22.1. The Balaban J connectivity index is 0.000000302. The van der Waals surface area contributed by atoms with Crippen molar-refractivity contribution in [2.45, 2.75) is 146 Å². The van der Waals surface area contributed by atoms with E-state index in [1.807, 2.05) is 0 Å². The Labute approximate surface area is 375 Å². The van der Waals surface area contributed by atoms with Crippen LogP contribution in [0.25, 0.3) is 21.5 Å². The second kappa shape index (κ2) is 19.3. The molecule has 5 aromatic rings. The fourth-order valence-electron chi connectivity index (χ4n) is 7.11. The average molecular weight is 881 g/mol. The van der Waals surface area contributed by atoms with Crippen LogP contribution in [0.2, 0.25) is 0 Å². The third kappa shape index (κ3) is 13.3. The van der Waals surface area contributed by atoms with Crippen LogP contribution in [-0.2, 0) is 45.9 Å². The number of hydrogen-bond acceptors (Lipinski definition) is 0. The van der Waals surface area contributed by atoms with E-state index in [4.69, 9.17) is 0 Å². The van der Waals surface area contributed by atoms with Crippen LogP contribution in [0.4, 0.5) is 0 Å². The predicted octanol–water partition coefficient (Wildman–Crippen LogP) is 9.46. The molecule has 0 amide bonds. The van der Waals surface area contributed by atoms with Gasteiger partial charge in [0.2, 0.25) is 0 Å². The summed E-state index contributed by atoms with van der Waals surface area (Å²) in [5.74, 6) is 0.522. The minimum atomic E-state index is 0. The Hall–Kier alpha value is -2.44. The number of fused-ring (bicyclic) bond motifs is 3. The first-order valence-corrected chi connectivity index (χ1v) is 21.7. The fraction of sp³-hybridized carbons (Fsp3) is 0.444. The van der Waals surface area contributed by atoms with Gasteiger partial charge in [-0.2, -0.15) is 11.6 Å². The van der Waals surface area contributed by atoms with Gasteiger partial charge < -0.3 is 24.8 Å². The summed E-state index contributed by atoms with van der Waals surface area (Å²) in [5, 5.41) is 5.49. The standard InChI is InChI=1S/C21H25.C21H26.C12H19.2ClH.Zr/c1-20(2,3)16-9-7-14-11-15-8-10-17(21(4,5)6)13-19(15)18(14)12-16;1-20(2,3)18-11-7-16(8-12-18)15-17-9-13-19(14-10-17)21(4,5)6;1-6-10-7-9(2)8-11(10)12(3,4)5;;;/h7-13H,1-6H3;7-14H,1-6H3;8-9H,6H2,1-5H3;2*1H;/q-1;;-1;;;+2/p-2. The third-order valence-corrected chi connectivity index (χ3v) is 12.2. The number of benzene rings is 4. The SMILES string of the molecule is CC(C)(C)c1ccc([C](=[Zr+2])c2ccc(C(C)(C)C)cc2)cc1.CC(C)(C)c1ccc2[cH-]c3ccc(C(C)(C)C)cc3c2c1.CCC1=[C-]C(C)C=C1C(C)(C)C.[Cl-].[Cl-]. The van der Waals surface area contributed by atoms with Crippen molar-refractivity contribution < 1.29 is 49.0 Å². The molecule has 0 heterocycles. The van der Waals surface area contributed by atoms with Gasteiger partial charge in [-0.3, -0.25) is 6.08 Å². The molecule has 1 aliphatic rings. The predicted molar refractivity (Wildman–Crippen MR) is 242 cm³/mol. The molecule has 3 heteroatoms. The average Bonchev–Trinajstić information content (AvgIpc) is 3.66. The van der Waals surface area contributed by atoms with Crippen LogP contribution >= 0.6 is 0 Å². The smallest absolute Gasteiger partial charge is 0.0145 e. The Morgan fingerprint density at radius 1 is 0.526 bits per heavy atom. The van der Waals surface area contributed by atoms with Crippen molar-refractivity contribution in [3.05, 3.63) is 148 Å². The van der Waals surface area contributed by atoms with Crippen molar-refractivity contribution in [1.29, 1.82) is 0 Å². The van der Waals surface area contributed by atoms with E-state index in [1.165, 1.54) is 93.5 Å². The summed E-state index contributed by atoms with van der Waals surface area (Å²) in [6, 6.07) is 34.3. The maximum Gasteiger partial charge on any atom is -0.0145 e. The largest absolute Gasteiger partial charge is 1.00 e. The number of allylic oxidation sites excluding steroid dienone is 4. The monoisotopic (exact) mass is 878 g/mol. The molecule has 0 N–H and O–H groups in total. The summed E-state index contributed by atoms with van der Waals surface area (Å²) in [5.41, 5.74) is 12.3. The molecule has 306 valence electrons. The van der Waals surface area contributed by atoms with E-state index in [2.05, 4.69) is 221 Å². The van der Waals surface area contributed by atoms with Gasteiger partial charge in [0, 0.05) is 0 Å². The molecule has 0 nitrogen and oxygen atoms in total. The van der Waals surface area contributed by atoms with E-state index in [-0.39, 0.29) is 46.5 Å². The molecule has 1 aliphatic carbocycles. The second-order valence-electron chi connectivity index (χ2n) is 20.9. The van der Waals surface area contributed by atoms with Gasteiger partial charge in [-0.05, 0) is 10.8 Å². The molecule has 0 spiro atoms. The normalized spacial score (nSPS) is 14.7. The van der Waals surface area contributed by atoms with Gasteiger partial charge in [0.15, 0.2) is 0 Å². The van der Waals surface area contributed by atoms with Crippen LogP contribution < -0.4 is 24.8 Å². The summed E-state index contributed by atoms with van der Waals surface area (Å²) in [6.45, 7) is 38.4. The van der Waals surface area contributed by atoms with Gasteiger partial charge >= 0.3 is 151 Å². The topological polar surface area (TPSA) is 0 Å². The van der Waals surface area contributed by atoms with E-state index in [0.717, 1.165) is 6.42 Å². The van der Waals surface area contributed by atoms with Crippen LogP contribution in [0.3, 0.4) is 0 Å². The molecule has 0 saturated heterocycles. The molecular formula is C54H70Cl2Zr-2. The first-order valence-electron chi connectivity index (χ1n) is 20.5. The molecule has 0 aliphatic heterocycles. The van der Waals surface area contributed by atoms with Crippen LogP contribution in [0.1, 0.15) is 158 Å². The molecule has 0 fully saturated rings. The first-order chi connectivity index (χ1) is 25.2. The molecule has 0 saturated carbocycles. The molecule has 0 bridgehead atoms. The Morgan fingerprint density at radius 3 is 1.14 bits per heavy atom. The van der Waals surface area contributed by atoms with Crippen LogP contribution in [0.5, 0.6) is 0 Å². The van der Waals surface area contributed by atoms with Crippen molar-refractivity contribution in [3.8, 4) is 0 Å². The number of halogens is 2. The maximum atomic E-state index is 3.48. The van der Waals surface area contributed by atoms with E-state index in [9.17, 15) is 0 Å². The van der Waals surface area contributed by atoms with Crippen molar-refractivity contribution in [2.75, 3.05) is 0 Å². The molecule has 1 atom stereocenters. The van der Waals surface area contributed by atoms with Gasteiger partial charge in [-0.15, -0.1) is 39.7 Å². The molecule has 5 aromatic carbocycles. The van der Waals surface area contributed by atoms with Crippen molar-refractivity contribution in [1.82, 2.24) is 0 Å². The summed E-state index contributed by atoms with van der Waals surface area (Å²) >= 11 is 1.46. The Bertz CT molecular complexity index is 2030. The van der Waals surface area contributed by atoms with E-state index in [0.29, 0.717) is 11.3 Å². The molecule has 6 rings (SSSR count). The van der Waals surface area contributed by atoms with Crippen LogP contribution in [0.15, 0.2) is 108 Å². The van der Waals surface area contributed by atoms with Gasteiger partial charge in [-0.1, -0.05) is 129 Å². The third-order valence-electron chi connectivity index (χ3n) is 10.8. The zero-order chi connectivity index (χ0) is 41.3. The Morgan fingerprint density at radius 2 is 0.860 bits per heavy atom. The van der Waals surface area contributed by atoms with E-state index >= 15 is 0 Å². The zero-order valence-electron chi connectivity index (χ0n) is 38.3. The summed E-state index contributed by atoms with van der Waals surface area (Å²) in [7, 11) is 0. The first kappa shape index (κ1) is 50.7. The molecule has 57 heavy (non-hydrogen) atoms. The van der Waals surface area contributed by atoms with Gasteiger partial charge in [-0.25, -0.2) is 5.57 Å². The quantitative estimate of drug-likeness (QED) is 0.159. The van der Waals surface area contributed by atoms with E-state index in [1.54, 1.807) is 0 Å². The summed E-state index contributed by atoms with van der Waals surface area (Å²) < 4.78 is 1.42. The number of hydrogen-bond donors (Lipinski definition) is 0. The van der Waals surface area contributed by atoms with Gasteiger partial charge in [0.25, 0.3) is 0 Å². The molecule has 0 radical (unpaired) electrons. The van der Waals surface area contributed by atoms with Crippen molar-refractivity contribution >= 4 is 24.8 Å². The minimum Gasteiger partial charge on any atom is -1.00 e. The van der Waals surface area contributed by atoms with Gasteiger partial charge in [0.1, 0.15) is 0 Å². The number of rotatable bonds is 3. The Kier molecular flexibility index (Phi) is 17.2. The summed E-state index contributed by atoms with van der Waals surface area (Å²) in [6.07, 6.45) is 6.95. The molecule has 0 aromatic heterocycles. The maximum absolute atomic E-state index is 3.48. The van der Waals surface area contributed by atoms with Gasteiger partial charge in [0.05, 0.1) is 0 Å². The van der Waals surface area contributed by atoms with E-state index < -0.39 is 0 Å².